The van der Waals surface area contributed by atoms with Gasteiger partial charge in [-0.25, -0.2) is 0 Å². The molecule has 0 saturated carbocycles. The third kappa shape index (κ3) is 3.02. The van der Waals surface area contributed by atoms with E-state index in [1.807, 2.05) is 0 Å². The molecule has 0 aromatic rings. The maximum Gasteiger partial charge on any atom is 0.191 e. The molecule has 0 amide bonds. The number of hydrogen-bond donors (Lipinski definition) is 4. The normalized spacial score (nSPS) is 40.0. The van der Waals surface area contributed by atoms with E-state index in [0.717, 1.165) is 40.0 Å². The van der Waals surface area contributed by atoms with E-state index in [0.29, 0.717) is 13.1 Å². The van der Waals surface area contributed by atoms with E-state index in [4.69, 9.17) is 4.74 Å². The molecule has 0 aromatic carbocycles. The lowest BCUT2D eigenvalue weighted by molar-refractivity contribution is -0.326. The second kappa shape index (κ2) is 7.41. The molecule has 2 fully saturated rings. The molecule has 0 aromatic heterocycles. The first kappa shape index (κ1) is 21.1. The number of nitrogens with zero attached hydrogens (tertiary/aromatic N) is 1. The number of piperidine rings is 1. The van der Waals surface area contributed by atoms with Gasteiger partial charge in [0.2, 0.25) is 0 Å². The van der Waals surface area contributed by atoms with Crippen LogP contribution in [0.1, 0.15) is 40.0 Å². The van der Waals surface area contributed by atoms with Crippen LogP contribution in [0.25, 0.3) is 0 Å². The van der Waals surface area contributed by atoms with Crippen LogP contribution in [0.5, 0.6) is 0 Å². The van der Waals surface area contributed by atoms with Gasteiger partial charge in [0, 0.05) is 13.1 Å². The van der Waals surface area contributed by atoms with Crippen molar-refractivity contribution in [2.24, 2.45) is 0 Å². The first-order chi connectivity index (χ1) is 12.0. The Morgan fingerprint density at radius 3 is 1.92 bits per heavy atom. The summed E-state index contributed by atoms with van der Waals surface area (Å²) in [5.41, 5.74) is -5.91. The number of carbonyl (C=O) groups is 3. The topological polar surface area (TPSA) is 145 Å². The fraction of sp³-hybridized carbons (Fsp3) is 0.824. The number of rotatable bonds is 5. The van der Waals surface area contributed by atoms with Gasteiger partial charge < -0.3 is 25.2 Å². The van der Waals surface area contributed by atoms with E-state index in [9.17, 15) is 34.8 Å². The molecule has 26 heavy (non-hydrogen) atoms. The summed E-state index contributed by atoms with van der Waals surface area (Å²) in [6, 6.07) is 0. The molecule has 0 radical (unpaired) electrons. The molecule has 2 aliphatic heterocycles. The number of likely N-dealkylation sites (tertiary alicyclic amines) is 1. The van der Waals surface area contributed by atoms with Crippen molar-refractivity contribution in [1.29, 1.82) is 0 Å². The van der Waals surface area contributed by atoms with Gasteiger partial charge in [-0.2, -0.15) is 0 Å². The van der Waals surface area contributed by atoms with Crippen molar-refractivity contribution in [3.63, 3.8) is 0 Å². The lowest BCUT2D eigenvalue weighted by Crippen LogP contribution is -2.82. The highest BCUT2D eigenvalue weighted by molar-refractivity contribution is 5.99. The molecule has 0 aliphatic carbocycles. The molecule has 0 spiro atoms. The van der Waals surface area contributed by atoms with Crippen molar-refractivity contribution in [2.45, 2.75) is 75.8 Å². The van der Waals surface area contributed by atoms with Crippen LogP contribution in [0.15, 0.2) is 0 Å². The van der Waals surface area contributed by atoms with Gasteiger partial charge in [-0.1, -0.05) is 6.42 Å². The van der Waals surface area contributed by atoms with E-state index in [2.05, 4.69) is 0 Å². The molecule has 2 heterocycles. The lowest BCUT2D eigenvalue weighted by Gasteiger charge is -2.56. The third-order valence-electron chi connectivity index (χ3n) is 5.50. The van der Waals surface area contributed by atoms with Crippen LogP contribution in [0.4, 0.5) is 0 Å². The minimum Gasteiger partial charge on any atom is -0.385 e. The first-order valence-electron chi connectivity index (χ1n) is 8.72. The van der Waals surface area contributed by atoms with Crippen LogP contribution in [0.3, 0.4) is 0 Å². The second-order valence-electron chi connectivity index (χ2n) is 7.19. The highest BCUT2D eigenvalue weighted by atomic mass is 16.6. The summed E-state index contributed by atoms with van der Waals surface area (Å²) in [5.74, 6) is -2.97. The molecule has 2 rings (SSSR count). The summed E-state index contributed by atoms with van der Waals surface area (Å²) in [6.45, 7) is 3.84. The summed E-state index contributed by atoms with van der Waals surface area (Å²) in [4.78, 5) is 37.8. The Hall–Kier alpha value is -1.23. The van der Waals surface area contributed by atoms with Gasteiger partial charge in [-0.05, 0) is 33.6 Å². The number of aliphatic hydroxyl groups excluding tert-OH is 2. The van der Waals surface area contributed by atoms with Gasteiger partial charge in [-0.3, -0.25) is 19.3 Å². The van der Waals surface area contributed by atoms with Gasteiger partial charge >= 0.3 is 0 Å². The van der Waals surface area contributed by atoms with Crippen molar-refractivity contribution in [1.82, 2.24) is 4.90 Å². The quantitative estimate of drug-likeness (QED) is 0.436. The Balaban J connectivity index is 2.58. The summed E-state index contributed by atoms with van der Waals surface area (Å²) in [5, 5.41) is 42.9. The number of carbonyl (C=O) groups excluding carboxylic acids is 3. The summed E-state index contributed by atoms with van der Waals surface area (Å²) in [6.07, 6.45) is -4.52. The van der Waals surface area contributed by atoms with Gasteiger partial charge in [0.15, 0.2) is 28.6 Å². The van der Waals surface area contributed by atoms with Gasteiger partial charge in [0.05, 0.1) is 0 Å². The predicted octanol–water partition coefficient (Wildman–Crippen LogP) is -1.85. The first-order valence-corrected chi connectivity index (χ1v) is 8.72. The predicted molar refractivity (Wildman–Crippen MR) is 88.0 cm³/mol. The van der Waals surface area contributed by atoms with Gasteiger partial charge in [0.1, 0.15) is 24.5 Å². The summed E-state index contributed by atoms with van der Waals surface area (Å²) in [7, 11) is 0. The van der Waals surface area contributed by atoms with Crippen LogP contribution in [0.2, 0.25) is 0 Å². The summed E-state index contributed by atoms with van der Waals surface area (Å²) >= 11 is 0. The fourth-order valence-corrected chi connectivity index (χ4v) is 3.89. The molecular weight excluding hydrogens is 346 g/mol. The van der Waals surface area contributed by atoms with Crippen LogP contribution >= 0.6 is 0 Å². The van der Waals surface area contributed by atoms with Crippen LogP contribution in [-0.4, -0.2) is 91.5 Å². The van der Waals surface area contributed by atoms with Crippen molar-refractivity contribution in [3.8, 4) is 0 Å². The number of aliphatic hydroxyl groups is 4. The van der Waals surface area contributed by atoms with Crippen LogP contribution in [-0.2, 0) is 19.1 Å². The molecular formula is C17H27NO8. The van der Waals surface area contributed by atoms with Crippen molar-refractivity contribution < 1.29 is 39.5 Å². The second-order valence-corrected chi connectivity index (χ2v) is 7.19. The number of hydrogen-bond acceptors (Lipinski definition) is 9. The van der Waals surface area contributed by atoms with E-state index in [1.54, 1.807) is 4.90 Å². The molecule has 2 aliphatic rings. The molecule has 2 unspecified atom stereocenters. The number of ketones is 3. The van der Waals surface area contributed by atoms with Crippen LogP contribution < -0.4 is 0 Å². The Labute approximate surface area is 151 Å². The van der Waals surface area contributed by atoms with E-state index < -0.39 is 53.1 Å². The number of Topliss-reactive ketones (excluding diaryl/α,β-unsaturated/α-hetero) is 3. The third-order valence-corrected chi connectivity index (χ3v) is 5.50. The SMILES string of the molecule is CC(=O)C(O)[C@H]1OC(N2CCCCC2)[C@H](O)[C@](O)(C(C)=O)[C@@]1(O)C(C)=O. The van der Waals surface area contributed by atoms with Crippen molar-refractivity contribution in [3.05, 3.63) is 0 Å². The standard InChI is InChI=1S/C17H27NO8/c1-9(19)12(22)14-17(25,11(3)21)16(24,10(2)20)13(23)15(26-14)18-7-5-4-6-8-18/h12-15,22-25H,4-8H2,1-3H3/t12?,13-,14+,15?,16+,17+/m0/s1. The van der Waals surface area contributed by atoms with E-state index in [-0.39, 0.29) is 0 Å². The van der Waals surface area contributed by atoms with Crippen LogP contribution in [0, 0.1) is 0 Å². The Bertz CT molecular complexity index is 589. The minimum atomic E-state index is -2.98. The van der Waals surface area contributed by atoms with E-state index in [1.165, 1.54) is 0 Å². The monoisotopic (exact) mass is 373 g/mol. The van der Waals surface area contributed by atoms with E-state index >= 15 is 0 Å². The average molecular weight is 373 g/mol. The zero-order chi connectivity index (χ0) is 19.9. The highest BCUT2D eigenvalue weighted by Gasteiger charge is 2.71. The molecule has 9 heteroatoms. The molecule has 0 bridgehead atoms. The smallest absolute Gasteiger partial charge is 0.191 e. The molecule has 9 nitrogen and oxygen atoms in total. The maximum atomic E-state index is 12.3. The lowest BCUT2D eigenvalue weighted by atomic mass is 9.66. The highest BCUT2D eigenvalue weighted by Crippen LogP contribution is 2.42. The van der Waals surface area contributed by atoms with Gasteiger partial charge in [-0.15, -0.1) is 0 Å². The maximum absolute atomic E-state index is 12.3. The molecule has 4 N–H and O–H groups in total. The number of ether oxygens (including phenoxy) is 1. The molecule has 148 valence electrons. The van der Waals surface area contributed by atoms with Crippen molar-refractivity contribution >= 4 is 17.3 Å². The average Bonchev–Trinajstić information content (AvgIpc) is 2.59. The molecule has 2 saturated heterocycles. The molecule has 6 atom stereocenters. The van der Waals surface area contributed by atoms with Gasteiger partial charge in [0.25, 0.3) is 0 Å². The summed E-state index contributed by atoms with van der Waals surface area (Å²) < 4.78 is 5.61. The fourth-order valence-electron chi connectivity index (χ4n) is 3.89. The Morgan fingerprint density at radius 1 is 1.00 bits per heavy atom. The van der Waals surface area contributed by atoms with Crippen molar-refractivity contribution in [2.75, 3.05) is 13.1 Å². The zero-order valence-electron chi connectivity index (χ0n) is 15.2. The minimum absolute atomic E-state index is 0.497. The zero-order valence-corrected chi connectivity index (χ0v) is 15.2. The Kier molecular flexibility index (Phi) is 6.01. The Morgan fingerprint density at radius 2 is 1.50 bits per heavy atom. The largest absolute Gasteiger partial charge is 0.385 e.